The highest BCUT2D eigenvalue weighted by Gasteiger charge is 2.24. The number of hydrogen-bond acceptors (Lipinski definition) is 4. The molecule has 6 heteroatoms. The van der Waals surface area contributed by atoms with E-state index in [2.05, 4.69) is 0 Å². The highest BCUT2D eigenvalue weighted by molar-refractivity contribution is 5.94. The molecule has 19 heavy (non-hydrogen) atoms. The highest BCUT2D eigenvalue weighted by Crippen LogP contribution is 2.06. The fraction of sp³-hybridized carbons (Fsp3) is 0.769. The van der Waals surface area contributed by atoms with Gasteiger partial charge in [-0.2, -0.15) is 0 Å². The van der Waals surface area contributed by atoms with E-state index in [0.717, 1.165) is 19.6 Å². The summed E-state index contributed by atoms with van der Waals surface area (Å²) in [6.45, 7) is 10.5. The highest BCUT2D eigenvalue weighted by atomic mass is 16.4. The zero-order valence-electron chi connectivity index (χ0n) is 12.3. The van der Waals surface area contributed by atoms with Crippen LogP contribution < -0.4 is 5.11 Å². The zero-order chi connectivity index (χ0) is 15.5. The molecule has 1 N–H and O–H groups in total. The lowest BCUT2D eigenvalue weighted by Crippen LogP contribution is -2.51. The van der Waals surface area contributed by atoms with Crippen LogP contribution in [0.3, 0.4) is 0 Å². The summed E-state index contributed by atoms with van der Waals surface area (Å²) < 4.78 is 0.659. The van der Waals surface area contributed by atoms with Gasteiger partial charge in [0, 0.05) is 12.4 Å². The first-order chi connectivity index (χ1) is 8.76. The van der Waals surface area contributed by atoms with Crippen molar-refractivity contribution in [3.8, 4) is 0 Å². The van der Waals surface area contributed by atoms with E-state index in [1.54, 1.807) is 6.92 Å². The minimum absolute atomic E-state index is 0.222. The number of carbonyl (C=O) groups is 3. The number of ketones is 1. The Kier molecular flexibility index (Phi) is 11.0. The number of carboxylic acids is 2. The molecule has 0 aromatic heterocycles. The molecule has 0 aliphatic carbocycles. The van der Waals surface area contributed by atoms with Gasteiger partial charge in [-0.3, -0.25) is 9.59 Å². The maximum atomic E-state index is 11.3. The number of rotatable bonds is 8. The Morgan fingerprint density at radius 3 is 1.58 bits per heavy atom. The molecule has 0 saturated heterocycles. The minimum atomic E-state index is -1.28. The Balaban J connectivity index is 0. The molecule has 0 rings (SSSR count). The van der Waals surface area contributed by atoms with Crippen molar-refractivity contribution in [2.45, 2.75) is 40.5 Å². The van der Waals surface area contributed by atoms with Crippen molar-refractivity contribution in [1.82, 2.24) is 0 Å². The summed E-state index contributed by atoms with van der Waals surface area (Å²) in [5, 5.41) is 17.9. The van der Waals surface area contributed by atoms with Gasteiger partial charge in [-0.05, 0) is 20.8 Å². The summed E-state index contributed by atoms with van der Waals surface area (Å²) in [6, 6.07) is 0. The van der Waals surface area contributed by atoms with Crippen molar-refractivity contribution in [3.63, 3.8) is 0 Å². The summed E-state index contributed by atoms with van der Waals surface area (Å²) in [4.78, 5) is 30.9. The molecular weight excluding hydrogens is 250 g/mol. The van der Waals surface area contributed by atoms with Gasteiger partial charge in [-0.15, -0.1) is 0 Å². The summed E-state index contributed by atoms with van der Waals surface area (Å²) in [5.74, 6) is -2.27. The first-order valence-electron chi connectivity index (χ1n) is 6.55. The SMILES string of the molecule is CCC(=O)O.CC[N+](CC)(CC)CC(=O)CC(=O)[O-]. The molecule has 0 spiro atoms. The van der Waals surface area contributed by atoms with E-state index >= 15 is 0 Å². The van der Waals surface area contributed by atoms with Gasteiger partial charge < -0.3 is 19.5 Å². The molecule has 0 saturated carbocycles. The van der Waals surface area contributed by atoms with Crippen LogP contribution in [0.2, 0.25) is 0 Å². The number of carboxylic acid groups (broad SMARTS) is 2. The van der Waals surface area contributed by atoms with Crippen LogP contribution in [0.25, 0.3) is 0 Å². The fourth-order valence-electron chi connectivity index (χ4n) is 1.60. The van der Waals surface area contributed by atoms with Gasteiger partial charge in [0.25, 0.3) is 0 Å². The number of nitrogens with zero attached hydrogens (tertiary/aromatic N) is 1. The van der Waals surface area contributed by atoms with Crippen molar-refractivity contribution in [2.24, 2.45) is 0 Å². The van der Waals surface area contributed by atoms with E-state index in [1.165, 1.54) is 0 Å². The number of carbonyl (C=O) groups excluding carboxylic acids is 2. The lowest BCUT2D eigenvalue weighted by molar-refractivity contribution is -0.915. The third kappa shape index (κ3) is 10.2. The maximum Gasteiger partial charge on any atom is 0.303 e. The molecule has 0 aliphatic heterocycles. The maximum absolute atomic E-state index is 11.3. The quantitative estimate of drug-likeness (QED) is 0.499. The Hall–Kier alpha value is -1.43. The number of Topliss-reactive ketones (excluding diaryl/α,β-unsaturated/α-hetero) is 1. The normalized spacial score (nSPS) is 10.3. The van der Waals surface area contributed by atoms with Crippen LogP contribution in [0.1, 0.15) is 40.5 Å². The van der Waals surface area contributed by atoms with Gasteiger partial charge in [0.2, 0.25) is 0 Å². The molecule has 0 unspecified atom stereocenters. The largest absolute Gasteiger partial charge is 0.550 e. The van der Waals surface area contributed by atoms with Crippen LogP contribution in [0.15, 0.2) is 0 Å². The van der Waals surface area contributed by atoms with Crippen LogP contribution in [0.4, 0.5) is 0 Å². The second-order valence-electron chi connectivity index (χ2n) is 4.28. The number of quaternary nitrogens is 1. The third-order valence-electron chi connectivity index (χ3n) is 3.17. The monoisotopic (exact) mass is 275 g/mol. The van der Waals surface area contributed by atoms with Crippen molar-refractivity contribution < 1.29 is 29.1 Å². The predicted molar refractivity (Wildman–Crippen MR) is 69.3 cm³/mol. The van der Waals surface area contributed by atoms with Gasteiger partial charge in [0.1, 0.15) is 6.54 Å². The van der Waals surface area contributed by atoms with E-state index in [0.29, 0.717) is 11.0 Å². The zero-order valence-corrected chi connectivity index (χ0v) is 12.3. The van der Waals surface area contributed by atoms with Crippen LogP contribution in [-0.2, 0) is 14.4 Å². The first-order valence-corrected chi connectivity index (χ1v) is 6.55. The average Bonchev–Trinajstić information content (AvgIpc) is 2.36. The molecule has 112 valence electrons. The van der Waals surface area contributed by atoms with Gasteiger partial charge in [-0.1, -0.05) is 6.92 Å². The van der Waals surface area contributed by atoms with Crippen LogP contribution in [0, 0.1) is 0 Å². The summed E-state index contributed by atoms with van der Waals surface area (Å²) in [6.07, 6.45) is -0.236. The second kappa shape index (κ2) is 10.5. The Morgan fingerprint density at radius 1 is 1.00 bits per heavy atom. The molecule has 0 aliphatic rings. The summed E-state index contributed by atoms with van der Waals surface area (Å²) in [7, 11) is 0. The van der Waals surface area contributed by atoms with Gasteiger partial charge in [0.05, 0.1) is 26.1 Å². The topological polar surface area (TPSA) is 94.5 Å². The van der Waals surface area contributed by atoms with Gasteiger partial charge in [-0.25, -0.2) is 0 Å². The smallest absolute Gasteiger partial charge is 0.303 e. The standard InChI is InChI=1S/C10H19NO3.C3H6O2/c1-4-11(5-2,6-3)8-9(12)7-10(13)14;1-2-3(4)5/h4-8H2,1-3H3;2H2,1H3,(H,4,5). The molecule has 0 amide bonds. The molecule has 0 aromatic carbocycles. The Morgan fingerprint density at radius 2 is 1.37 bits per heavy atom. The van der Waals surface area contributed by atoms with Crippen LogP contribution in [-0.4, -0.2) is 53.5 Å². The van der Waals surface area contributed by atoms with Crippen molar-refractivity contribution in [3.05, 3.63) is 0 Å². The molecule has 0 fully saturated rings. The third-order valence-corrected chi connectivity index (χ3v) is 3.17. The Labute approximate surface area is 114 Å². The fourth-order valence-corrected chi connectivity index (χ4v) is 1.60. The van der Waals surface area contributed by atoms with E-state index in [4.69, 9.17) is 5.11 Å². The van der Waals surface area contributed by atoms with Crippen molar-refractivity contribution >= 4 is 17.7 Å². The lowest BCUT2D eigenvalue weighted by Gasteiger charge is -2.35. The molecule has 0 aromatic rings. The first kappa shape index (κ1) is 19.9. The molecule has 0 bridgehead atoms. The molecule has 0 atom stereocenters. The van der Waals surface area contributed by atoms with Crippen molar-refractivity contribution in [1.29, 1.82) is 0 Å². The number of hydrogen-bond donors (Lipinski definition) is 1. The Bertz CT molecular complexity index is 289. The number of aliphatic carboxylic acids is 2. The van der Waals surface area contributed by atoms with E-state index < -0.39 is 18.4 Å². The van der Waals surface area contributed by atoms with E-state index in [9.17, 15) is 19.5 Å². The second-order valence-corrected chi connectivity index (χ2v) is 4.28. The predicted octanol–water partition coefficient (Wildman–Crippen LogP) is 0.0530. The summed E-state index contributed by atoms with van der Waals surface area (Å²) in [5.41, 5.74) is 0. The van der Waals surface area contributed by atoms with E-state index in [1.807, 2.05) is 20.8 Å². The molecular formula is C13H25NO5. The average molecular weight is 275 g/mol. The minimum Gasteiger partial charge on any atom is -0.550 e. The van der Waals surface area contributed by atoms with Gasteiger partial charge >= 0.3 is 5.97 Å². The van der Waals surface area contributed by atoms with Crippen molar-refractivity contribution in [2.75, 3.05) is 26.2 Å². The van der Waals surface area contributed by atoms with Crippen LogP contribution >= 0.6 is 0 Å². The number of likely N-dealkylation sites (N-methyl/N-ethyl adjacent to an activating group) is 1. The molecule has 0 radical (unpaired) electrons. The van der Waals surface area contributed by atoms with Gasteiger partial charge in [0.15, 0.2) is 5.78 Å². The molecule has 6 nitrogen and oxygen atoms in total. The lowest BCUT2D eigenvalue weighted by atomic mass is 10.2. The van der Waals surface area contributed by atoms with Crippen LogP contribution in [0.5, 0.6) is 0 Å². The van der Waals surface area contributed by atoms with E-state index in [-0.39, 0.29) is 12.2 Å². The summed E-state index contributed by atoms with van der Waals surface area (Å²) >= 11 is 0. The molecule has 0 heterocycles.